The molecule has 0 aliphatic rings. The fourth-order valence-electron chi connectivity index (χ4n) is 1.60. The van der Waals surface area contributed by atoms with Crippen molar-refractivity contribution in [2.75, 3.05) is 13.2 Å². The number of aliphatic hydroxyl groups excluding tert-OH is 1. The van der Waals surface area contributed by atoms with Gasteiger partial charge in [-0.3, -0.25) is 0 Å². The lowest BCUT2D eigenvalue weighted by atomic mass is 9.82. The van der Waals surface area contributed by atoms with Crippen LogP contribution in [0.15, 0.2) is 18.2 Å². The van der Waals surface area contributed by atoms with E-state index in [0.717, 1.165) is 5.56 Å². The first-order chi connectivity index (χ1) is 6.51. The van der Waals surface area contributed by atoms with Crippen molar-refractivity contribution in [1.29, 1.82) is 0 Å². The van der Waals surface area contributed by atoms with Gasteiger partial charge in [0.25, 0.3) is 0 Å². The van der Waals surface area contributed by atoms with Crippen LogP contribution in [-0.4, -0.2) is 18.3 Å². The smallest absolute Gasteiger partial charge is 0.0537 e. The Labute approximate surface area is 85.8 Å². The molecule has 0 fully saturated rings. The lowest BCUT2D eigenvalue weighted by molar-refractivity contribution is 0.210. The van der Waals surface area contributed by atoms with Gasteiger partial charge in [-0.05, 0) is 19.4 Å². The van der Waals surface area contributed by atoms with E-state index in [1.54, 1.807) is 0 Å². The highest BCUT2D eigenvalue weighted by atomic mass is 16.3. The van der Waals surface area contributed by atoms with E-state index >= 15 is 0 Å². The zero-order valence-electron chi connectivity index (χ0n) is 9.17. The second kappa shape index (κ2) is 4.11. The summed E-state index contributed by atoms with van der Waals surface area (Å²) >= 11 is 0. The van der Waals surface area contributed by atoms with Gasteiger partial charge in [-0.25, -0.2) is 0 Å². The summed E-state index contributed by atoms with van der Waals surface area (Å²) < 4.78 is 0. The topological polar surface area (TPSA) is 46.2 Å². The number of hydrogen-bond acceptors (Lipinski definition) is 2. The molecular formula is C12H19NO. The summed E-state index contributed by atoms with van der Waals surface area (Å²) in [7, 11) is 0. The Kier molecular flexibility index (Phi) is 3.29. The third kappa shape index (κ3) is 2.14. The molecule has 3 N–H and O–H groups in total. The van der Waals surface area contributed by atoms with Crippen molar-refractivity contribution in [3.8, 4) is 0 Å². The Hall–Kier alpha value is -0.860. The van der Waals surface area contributed by atoms with Gasteiger partial charge in [0.2, 0.25) is 0 Å². The summed E-state index contributed by atoms with van der Waals surface area (Å²) in [4.78, 5) is 0. The second-order valence-electron chi connectivity index (χ2n) is 4.30. The minimum Gasteiger partial charge on any atom is -0.395 e. The predicted octanol–water partition coefficient (Wildman–Crippen LogP) is 1.51. The van der Waals surface area contributed by atoms with Crippen LogP contribution in [0.3, 0.4) is 0 Å². The van der Waals surface area contributed by atoms with Crippen LogP contribution in [0.25, 0.3) is 0 Å². The Morgan fingerprint density at radius 1 is 1.21 bits per heavy atom. The minimum atomic E-state index is -0.309. The molecule has 0 aliphatic heterocycles. The number of aryl methyl sites for hydroxylation is 2. The van der Waals surface area contributed by atoms with Crippen LogP contribution in [0, 0.1) is 13.8 Å². The molecule has 0 saturated heterocycles. The van der Waals surface area contributed by atoms with Gasteiger partial charge in [-0.1, -0.05) is 36.2 Å². The fourth-order valence-corrected chi connectivity index (χ4v) is 1.60. The molecule has 0 saturated carbocycles. The monoisotopic (exact) mass is 193 g/mol. The summed E-state index contributed by atoms with van der Waals surface area (Å²) in [5.41, 5.74) is 8.94. The van der Waals surface area contributed by atoms with Crippen molar-refractivity contribution in [3.05, 3.63) is 34.9 Å². The van der Waals surface area contributed by atoms with Gasteiger partial charge in [0.05, 0.1) is 6.61 Å². The van der Waals surface area contributed by atoms with Crippen LogP contribution in [0.5, 0.6) is 0 Å². The molecule has 0 aromatic heterocycles. The normalized spacial score (nSPS) is 15.2. The zero-order chi connectivity index (χ0) is 10.8. The maximum absolute atomic E-state index is 9.34. The highest BCUT2D eigenvalue weighted by Crippen LogP contribution is 2.24. The van der Waals surface area contributed by atoms with Crippen molar-refractivity contribution < 1.29 is 5.11 Å². The summed E-state index contributed by atoms with van der Waals surface area (Å²) in [6.07, 6.45) is 0. The maximum atomic E-state index is 9.34. The van der Waals surface area contributed by atoms with Crippen LogP contribution in [0.4, 0.5) is 0 Å². The Balaban J connectivity index is 3.17. The molecule has 1 unspecified atom stereocenters. The lowest BCUT2D eigenvalue weighted by Gasteiger charge is -2.26. The third-order valence-electron chi connectivity index (χ3n) is 2.72. The molecule has 0 spiro atoms. The first-order valence-corrected chi connectivity index (χ1v) is 4.91. The van der Waals surface area contributed by atoms with E-state index in [-0.39, 0.29) is 12.0 Å². The van der Waals surface area contributed by atoms with Gasteiger partial charge in [0, 0.05) is 12.0 Å². The summed E-state index contributed by atoms with van der Waals surface area (Å²) in [5.74, 6) is 0. The van der Waals surface area contributed by atoms with E-state index in [1.807, 2.05) is 6.92 Å². The second-order valence-corrected chi connectivity index (χ2v) is 4.30. The van der Waals surface area contributed by atoms with E-state index in [2.05, 4.69) is 32.0 Å². The van der Waals surface area contributed by atoms with Gasteiger partial charge in [0.1, 0.15) is 0 Å². The van der Waals surface area contributed by atoms with Crippen LogP contribution in [0.1, 0.15) is 23.6 Å². The molecule has 1 rings (SSSR count). The maximum Gasteiger partial charge on any atom is 0.0537 e. The van der Waals surface area contributed by atoms with E-state index in [0.29, 0.717) is 6.54 Å². The Bertz CT molecular complexity index is 296. The quantitative estimate of drug-likeness (QED) is 0.764. The van der Waals surface area contributed by atoms with Crippen molar-refractivity contribution in [2.24, 2.45) is 5.73 Å². The van der Waals surface area contributed by atoms with Crippen molar-refractivity contribution >= 4 is 0 Å². The first kappa shape index (κ1) is 11.2. The number of nitrogens with two attached hydrogens (primary N) is 1. The van der Waals surface area contributed by atoms with Crippen LogP contribution < -0.4 is 5.73 Å². The van der Waals surface area contributed by atoms with Crippen molar-refractivity contribution in [3.63, 3.8) is 0 Å². The lowest BCUT2D eigenvalue weighted by Crippen LogP contribution is -2.35. The molecular weight excluding hydrogens is 174 g/mol. The average molecular weight is 193 g/mol. The van der Waals surface area contributed by atoms with Gasteiger partial charge in [0.15, 0.2) is 0 Å². The summed E-state index contributed by atoms with van der Waals surface area (Å²) in [5, 5.41) is 9.34. The Morgan fingerprint density at radius 3 is 2.07 bits per heavy atom. The van der Waals surface area contributed by atoms with Crippen LogP contribution in [-0.2, 0) is 5.41 Å². The van der Waals surface area contributed by atoms with Crippen molar-refractivity contribution in [2.45, 2.75) is 26.2 Å². The fraction of sp³-hybridized carbons (Fsp3) is 0.500. The van der Waals surface area contributed by atoms with Gasteiger partial charge in [-0.15, -0.1) is 0 Å². The highest BCUT2D eigenvalue weighted by molar-refractivity contribution is 5.34. The molecule has 0 aliphatic carbocycles. The Morgan fingerprint density at radius 2 is 1.71 bits per heavy atom. The molecule has 0 radical (unpaired) electrons. The molecule has 1 aromatic rings. The number of hydrogen-bond donors (Lipinski definition) is 2. The average Bonchev–Trinajstić information content (AvgIpc) is 2.15. The molecule has 1 atom stereocenters. The van der Waals surface area contributed by atoms with E-state index in [1.165, 1.54) is 11.1 Å². The zero-order valence-corrected chi connectivity index (χ0v) is 9.17. The molecule has 2 heteroatoms. The highest BCUT2D eigenvalue weighted by Gasteiger charge is 2.24. The van der Waals surface area contributed by atoms with E-state index < -0.39 is 0 Å². The van der Waals surface area contributed by atoms with Gasteiger partial charge < -0.3 is 10.8 Å². The van der Waals surface area contributed by atoms with E-state index in [4.69, 9.17) is 5.73 Å². The molecule has 0 amide bonds. The number of rotatable bonds is 3. The molecule has 0 bridgehead atoms. The number of benzene rings is 1. The van der Waals surface area contributed by atoms with Crippen LogP contribution >= 0.6 is 0 Å². The molecule has 14 heavy (non-hydrogen) atoms. The molecule has 1 aromatic carbocycles. The summed E-state index contributed by atoms with van der Waals surface area (Å²) in [6.45, 7) is 6.66. The minimum absolute atomic E-state index is 0.0897. The predicted molar refractivity (Wildman–Crippen MR) is 59.4 cm³/mol. The molecule has 2 nitrogen and oxygen atoms in total. The third-order valence-corrected chi connectivity index (χ3v) is 2.72. The van der Waals surface area contributed by atoms with Crippen molar-refractivity contribution in [1.82, 2.24) is 0 Å². The standard InChI is InChI=1S/C12H19NO/c1-9-4-10(2)6-11(5-9)12(3,7-13)8-14/h4-6,14H,7-8,13H2,1-3H3. The summed E-state index contributed by atoms with van der Waals surface area (Å²) in [6, 6.07) is 6.31. The molecule has 78 valence electrons. The SMILES string of the molecule is Cc1cc(C)cc(C(C)(CN)CO)c1. The van der Waals surface area contributed by atoms with Gasteiger partial charge >= 0.3 is 0 Å². The number of aliphatic hydroxyl groups is 1. The van der Waals surface area contributed by atoms with E-state index in [9.17, 15) is 5.11 Å². The molecule has 0 heterocycles. The van der Waals surface area contributed by atoms with Gasteiger partial charge in [-0.2, -0.15) is 0 Å². The van der Waals surface area contributed by atoms with Crippen LogP contribution in [0.2, 0.25) is 0 Å². The largest absolute Gasteiger partial charge is 0.395 e. The first-order valence-electron chi connectivity index (χ1n) is 4.91.